The van der Waals surface area contributed by atoms with Gasteiger partial charge in [-0.15, -0.1) is 0 Å². The van der Waals surface area contributed by atoms with E-state index in [0.29, 0.717) is 12.5 Å². The van der Waals surface area contributed by atoms with Gasteiger partial charge in [-0.2, -0.15) is 0 Å². The molecule has 1 aliphatic rings. The summed E-state index contributed by atoms with van der Waals surface area (Å²) in [7, 11) is 0. The van der Waals surface area contributed by atoms with E-state index in [2.05, 4.69) is 16.0 Å². The molecule has 5 nitrogen and oxygen atoms in total. The molecule has 1 aliphatic carbocycles. The molecule has 20 heavy (non-hydrogen) atoms. The molecule has 2 rings (SSSR count). The number of anilines is 1. The van der Waals surface area contributed by atoms with Gasteiger partial charge in [0.15, 0.2) is 0 Å². The van der Waals surface area contributed by atoms with Crippen LogP contribution in [0, 0.1) is 0 Å². The Bertz CT molecular complexity index is 441. The van der Waals surface area contributed by atoms with Crippen LogP contribution in [0.5, 0.6) is 0 Å². The van der Waals surface area contributed by atoms with Gasteiger partial charge < -0.3 is 16.0 Å². The summed E-state index contributed by atoms with van der Waals surface area (Å²) in [5.74, 6) is 0.0609. The lowest BCUT2D eigenvalue weighted by atomic mass is 10.1. The SMILES string of the molecule is CC(C)NC(=O)Nc1ccc(CC(=O)NC2CC2)cc1. The monoisotopic (exact) mass is 275 g/mol. The fourth-order valence-electron chi connectivity index (χ4n) is 1.83. The van der Waals surface area contributed by atoms with E-state index in [0.717, 1.165) is 24.1 Å². The van der Waals surface area contributed by atoms with Gasteiger partial charge in [-0.1, -0.05) is 12.1 Å². The minimum Gasteiger partial charge on any atom is -0.353 e. The first-order chi connectivity index (χ1) is 9.52. The van der Waals surface area contributed by atoms with Gasteiger partial charge >= 0.3 is 6.03 Å². The highest BCUT2D eigenvalue weighted by Gasteiger charge is 2.22. The molecule has 0 saturated heterocycles. The van der Waals surface area contributed by atoms with Crippen LogP contribution in [0.4, 0.5) is 10.5 Å². The van der Waals surface area contributed by atoms with Gasteiger partial charge in [0.2, 0.25) is 5.91 Å². The van der Waals surface area contributed by atoms with E-state index in [-0.39, 0.29) is 18.0 Å². The van der Waals surface area contributed by atoms with Crippen molar-refractivity contribution in [2.75, 3.05) is 5.32 Å². The first kappa shape index (κ1) is 14.4. The fraction of sp³-hybridized carbons (Fsp3) is 0.467. The van der Waals surface area contributed by atoms with Crippen molar-refractivity contribution < 1.29 is 9.59 Å². The van der Waals surface area contributed by atoms with E-state index in [1.165, 1.54) is 0 Å². The van der Waals surface area contributed by atoms with E-state index in [1.54, 1.807) is 12.1 Å². The quantitative estimate of drug-likeness (QED) is 0.769. The first-order valence-electron chi connectivity index (χ1n) is 6.99. The summed E-state index contributed by atoms with van der Waals surface area (Å²) < 4.78 is 0. The number of carbonyl (C=O) groups is 2. The maximum atomic E-state index is 11.7. The van der Waals surface area contributed by atoms with Gasteiger partial charge in [-0.3, -0.25) is 4.79 Å². The average Bonchev–Trinajstić information content (AvgIpc) is 3.14. The van der Waals surface area contributed by atoms with Crippen LogP contribution in [0.3, 0.4) is 0 Å². The number of urea groups is 1. The molecule has 3 amide bonds. The van der Waals surface area contributed by atoms with Crippen LogP contribution < -0.4 is 16.0 Å². The topological polar surface area (TPSA) is 70.2 Å². The zero-order valence-corrected chi connectivity index (χ0v) is 11.9. The number of hydrogen-bond acceptors (Lipinski definition) is 2. The lowest BCUT2D eigenvalue weighted by Gasteiger charge is -2.10. The summed E-state index contributed by atoms with van der Waals surface area (Å²) in [6, 6.07) is 7.59. The molecule has 0 unspecified atom stereocenters. The lowest BCUT2D eigenvalue weighted by Crippen LogP contribution is -2.34. The highest BCUT2D eigenvalue weighted by molar-refractivity contribution is 5.89. The molecule has 0 spiro atoms. The number of benzene rings is 1. The van der Waals surface area contributed by atoms with E-state index in [9.17, 15) is 9.59 Å². The maximum absolute atomic E-state index is 11.7. The predicted octanol–water partition coefficient (Wildman–Crippen LogP) is 2.04. The van der Waals surface area contributed by atoms with Crippen molar-refractivity contribution in [2.45, 2.75) is 45.2 Å². The van der Waals surface area contributed by atoms with Gasteiger partial charge in [0, 0.05) is 17.8 Å². The molecule has 0 aliphatic heterocycles. The van der Waals surface area contributed by atoms with Crippen LogP contribution in [0.25, 0.3) is 0 Å². The third-order valence-electron chi connectivity index (χ3n) is 2.94. The molecule has 108 valence electrons. The van der Waals surface area contributed by atoms with Crippen LogP contribution in [-0.4, -0.2) is 24.0 Å². The smallest absolute Gasteiger partial charge is 0.319 e. The van der Waals surface area contributed by atoms with Gasteiger partial charge in [0.05, 0.1) is 6.42 Å². The molecule has 1 saturated carbocycles. The molecule has 1 aromatic rings. The lowest BCUT2D eigenvalue weighted by molar-refractivity contribution is -0.120. The zero-order chi connectivity index (χ0) is 14.5. The third-order valence-corrected chi connectivity index (χ3v) is 2.94. The van der Waals surface area contributed by atoms with E-state index in [4.69, 9.17) is 0 Å². The number of amides is 3. The molecule has 0 bridgehead atoms. The predicted molar refractivity (Wildman–Crippen MR) is 78.6 cm³/mol. The fourth-order valence-corrected chi connectivity index (χ4v) is 1.83. The summed E-state index contributed by atoms with van der Waals surface area (Å²) in [5, 5.41) is 8.45. The second-order valence-corrected chi connectivity index (χ2v) is 5.47. The Hall–Kier alpha value is -2.04. The molecule has 0 atom stereocenters. The molecule has 1 fully saturated rings. The molecule has 0 aromatic heterocycles. The molecule has 0 heterocycles. The Morgan fingerprint density at radius 2 is 1.85 bits per heavy atom. The maximum Gasteiger partial charge on any atom is 0.319 e. The molecule has 3 N–H and O–H groups in total. The molecule has 0 radical (unpaired) electrons. The number of nitrogens with one attached hydrogen (secondary N) is 3. The van der Waals surface area contributed by atoms with Crippen molar-refractivity contribution in [1.82, 2.24) is 10.6 Å². The van der Waals surface area contributed by atoms with E-state index >= 15 is 0 Å². The normalized spacial score (nSPS) is 13.9. The minimum atomic E-state index is -0.223. The van der Waals surface area contributed by atoms with Crippen LogP contribution in [-0.2, 0) is 11.2 Å². The highest BCUT2D eigenvalue weighted by atomic mass is 16.2. The second kappa shape index (κ2) is 6.41. The Balaban J connectivity index is 1.82. The van der Waals surface area contributed by atoms with Crippen LogP contribution in [0.1, 0.15) is 32.3 Å². The summed E-state index contributed by atoms with van der Waals surface area (Å²) in [4.78, 5) is 23.2. The Morgan fingerprint density at radius 3 is 2.40 bits per heavy atom. The summed E-state index contributed by atoms with van der Waals surface area (Å²) in [5.41, 5.74) is 1.66. The van der Waals surface area contributed by atoms with Gasteiger partial charge in [-0.05, 0) is 44.4 Å². The van der Waals surface area contributed by atoms with Crippen LogP contribution in [0.15, 0.2) is 24.3 Å². The van der Waals surface area contributed by atoms with Crippen molar-refractivity contribution >= 4 is 17.6 Å². The summed E-state index contributed by atoms with van der Waals surface area (Å²) >= 11 is 0. The van der Waals surface area contributed by atoms with Crippen molar-refractivity contribution in [2.24, 2.45) is 0 Å². The molecule has 1 aromatic carbocycles. The van der Waals surface area contributed by atoms with Crippen LogP contribution in [0.2, 0.25) is 0 Å². The Kier molecular flexibility index (Phi) is 4.61. The van der Waals surface area contributed by atoms with Crippen molar-refractivity contribution in [3.05, 3.63) is 29.8 Å². The molecule has 5 heteroatoms. The summed E-state index contributed by atoms with van der Waals surface area (Å²) in [6.07, 6.45) is 2.58. The first-order valence-corrected chi connectivity index (χ1v) is 6.99. The highest BCUT2D eigenvalue weighted by Crippen LogP contribution is 2.19. The standard InChI is InChI=1S/C15H21N3O2/c1-10(2)16-15(20)18-13-5-3-11(4-6-13)9-14(19)17-12-7-8-12/h3-6,10,12H,7-9H2,1-2H3,(H,17,19)(H2,16,18,20). The Morgan fingerprint density at radius 1 is 1.20 bits per heavy atom. The van der Waals surface area contributed by atoms with Crippen molar-refractivity contribution in [3.63, 3.8) is 0 Å². The van der Waals surface area contributed by atoms with E-state index < -0.39 is 0 Å². The van der Waals surface area contributed by atoms with Gasteiger partial charge in [-0.25, -0.2) is 4.79 Å². The minimum absolute atomic E-state index is 0.0609. The second-order valence-electron chi connectivity index (χ2n) is 5.47. The van der Waals surface area contributed by atoms with Crippen molar-refractivity contribution in [1.29, 1.82) is 0 Å². The number of rotatable bonds is 5. The summed E-state index contributed by atoms with van der Waals surface area (Å²) in [6.45, 7) is 3.81. The largest absolute Gasteiger partial charge is 0.353 e. The molecular weight excluding hydrogens is 254 g/mol. The number of hydrogen-bond donors (Lipinski definition) is 3. The Labute approximate surface area is 119 Å². The third kappa shape index (κ3) is 4.91. The zero-order valence-electron chi connectivity index (χ0n) is 11.9. The molecular formula is C15H21N3O2. The van der Waals surface area contributed by atoms with Crippen LogP contribution >= 0.6 is 0 Å². The number of carbonyl (C=O) groups excluding carboxylic acids is 2. The van der Waals surface area contributed by atoms with Gasteiger partial charge in [0.25, 0.3) is 0 Å². The van der Waals surface area contributed by atoms with Gasteiger partial charge in [0.1, 0.15) is 0 Å². The van der Waals surface area contributed by atoms with Crippen molar-refractivity contribution in [3.8, 4) is 0 Å². The average molecular weight is 275 g/mol. The van der Waals surface area contributed by atoms with E-state index in [1.807, 2.05) is 26.0 Å².